The first-order valence-electron chi connectivity index (χ1n) is 6.05. The lowest BCUT2D eigenvalue weighted by Gasteiger charge is -2.14. The summed E-state index contributed by atoms with van der Waals surface area (Å²) in [6.45, 7) is 0. The maximum absolute atomic E-state index is 12.2. The van der Waals surface area contributed by atoms with Gasteiger partial charge >= 0.3 is 0 Å². The number of nitrogen functional groups attached to an aromatic ring is 1. The standard InChI is InChI=1S/C13H17ClN2O2/c1-18-12-7-11(15)10(14)6-9(12)13(17)16-8-4-2-3-5-8/h6-8H,2-5,15H2,1H3,(H,16,17). The quantitative estimate of drug-likeness (QED) is 0.828. The summed E-state index contributed by atoms with van der Waals surface area (Å²) in [5.74, 6) is 0.299. The van der Waals surface area contributed by atoms with Crippen LogP contribution in [-0.2, 0) is 0 Å². The lowest BCUT2D eigenvalue weighted by atomic mass is 10.1. The second-order valence-corrected chi connectivity index (χ2v) is 4.94. The van der Waals surface area contributed by atoms with Crippen LogP contribution in [0.5, 0.6) is 5.75 Å². The van der Waals surface area contributed by atoms with E-state index in [0.717, 1.165) is 12.8 Å². The predicted octanol–water partition coefficient (Wildman–Crippen LogP) is 2.60. The summed E-state index contributed by atoms with van der Waals surface area (Å²) in [6.07, 6.45) is 4.42. The molecule has 1 aliphatic carbocycles. The Kier molecular flexibility index (Phi) is 3.97. The minimum Gasteiger partial charge on any atom is -0.496 e. The number of nitrogens with one attached hydrogen (secondary N) is 1. The SMILES string of the molecule is COc1cc(N)c(Cl)cc1C(=O)NC1CCCC1. The van der Waals surface area contributed by atoms with Gasteiger partial charge in [0.25, 0.3) is 5.91 Å². The highest BCUT2D eigenvalue weighted by atomic mass is 35.5. The van der Waals surface area contributed by atoms with E-state index in [1.54, 1.807) is 12.1 Å². The van der Waals surface area contributed by atoms with Crippen LogP contribution in [0.25, 0.3) is 0 Å². The van der Waals surface area contributed by atoms with Crippen molar-refractivity contribution in [2.45, 2.75) is 31.7 Å². The molecule has 1 saturated carbocycles. The maximum atomic E-state index is 12.2. The molecule has 1 aromatic carbocycles. The molecular weight excluding hydrogens is 252 g/mol. The highest BCUT2D eigenvalue weighted by molar-refractivity contribution is 6.33. The van der Waals surface area contributed by atoms with Gasteiger partial charge < -0.3 is 15.8 Å². The Morgan fingerprint density at radius 3 is 2.72 bits per heavy atom. The van der Waals surface area contributed by atoms with Crippen molar-refractivity contribution in [2.75, 3.05) is 12.8 Å². The lowest BCUT2D eigenvalue weighted by molar-refractivity contribution is 0.0935. The topological polar surface area (TPSA) is 64.3 Å². The number of methoxy groups -OCH3 is 1. The van der Waals surface area contributed by atoms with Crippen molar-refractivity contribution in [2.24, 2.45) is 0 Å². The van der Waals surface area contributed by atoms with Gasteiger partial charge in [0, 0.05) is 12.1 Å². The molecule has 0 bridgehead atoms. The molecule has 0 saturated heterocycles. The van der Waals surface area contributed by atoms with Crippen molar-refractivity contribution < 1.29 is 9.53 Å². The van der Waals surface area contributed by atoms with Gasteiger partial charge in [-0.2, -0.15) is 0 Å². The van der Waals surface area contributed by atoms with E-state index in [2.05, 4.69) is 5.32 Å². The average Bonchev–Trinajstić information content (AvgIpc) is 2.84. The molecule has 4 nitrogen and oxygen atoms in total. The maximum Gasteiger partial charge on any atom is 0.255 e. The third-order valence-corrected chi connectivity index (χ3v) is 3.58. The van der Waals surface area contributed by atoms with E-state index >= 15 is 0 Å². The Labute approximate surface area is 111 Å². The molecule has 1 fully saturated rings. The molecule has 0 aliphatic heterocycles. The van der Waals surface area contributed by atoms with E-state index in [1.807, 2.05) is 0 Å². The summed E-state index contributed by atoms with van der Waals surface area (Å²) >= 11 is 5.94. The van der Waals surface area contributed by atoms with Gasteiger partial charge in [-0.25, -0.2) is 0 Å². The number of halogens is 1. The third-order valence-electron chi connectivity index (χ3n) is 3.25. The number of amides is 1. The van der Waals surface area contributed by atoms with Crippen LogP contribution in [-0.4, -0.2) is 19.1 Å². The molecule has 0 atom stereocenters. The molecule has 0 unspecified atom stereocenters. The largest absolute Gasteiger partial charge is 0.496 e. The first-order chi connectivity index (χ1) is 8.61. The van der Waals surface area contributed by atoms with Crippen molar-refractivity contribution in [3.63, 3.8) is 0 Å². The van der Waals surface area contributed by atoms with Crippen LogP contribution >= 0.6 is 11.6 Å². The van der Waals surface area contributed by atoms with Gasteiger partial charge in [-0.3, -0.25) is 4.79 Å². The van der Waals surface area contributed by atoms with Gasteiger partial charge in [-0.15, -0.1) is 0 Å². The number of hydrogen-bond acceptors (Lipinski definition) is 3. The third kappa shape index (κ3) is 2.70. The Hall–Kier alpha value is -1.42. The molecule has 18 heavy (non-hydrogen) atoms. The fourth-order valence-electron chi connectivity index (χ4n) is 2.25. The number of nitrogens with two attached hydrogens (primary N) is 1. The number of benzene rings is 1. The lowest BCUT2D eigenvalue weighted by Crippen LogP contribution is -2.32. The molecule has 1 amide bonds. The summed E-state index contributed by atoms with van der Waals surface area (Å²) in [4.78, 5) is 12.2. The normalized spacial score (nSPS) is 15.7. The van der Waals surface area contributed by atoms with Gasteiger partial charge in [-0.1, -0.05) is 24.4 Å². The monoisotopic (exact) mass is 268 g/mol. The fourth-order valence-corrected chi connectivity index (χ4v) is 2.41. The molecule has 0 heterocycles. The molecule has 1 aromatic rings. The summed E-state index contributed by atoms with van der Waals surface area (Å²) in [6, 6.07) is 3.39. The van der Waals surface area contributed by atoms with Gasteiger partial charge in [-0.05, 0) is 18.9 Å². The first-order valence-corrected chi connectivity index (χ1v) is 6.43. The van der Waals surface area contributed by atoms with Crippen molar-refractivity contribution in [1.29, 1.82) is 0 Å². The van der Waals surface area contributed by atoms with Crippen molar-refractivity contribution in [3.05, 3.63) is 22.7 Å². The molecule has 2 rings (SSSR count). The Morgan fingerprint density at radius 1 is 1.44 bits per heavy atom. The van der Waals surface area contributed by atoms with Crippen LogP contribution in [0.1, 0.15) is 36.0 Å². The highest BCUT2D eigenvalue weighted by Gasteiger charge is 2.21. The molecule has 5 heteroatoms. The average molecular weight is 269 g/mol. The zero-order chi connectivity index (χ0) is 13.1. The van der Waals surface area contributed by atoms with E-state index in [4.69, 9.17) is 22.1 Å². The molecule has 3 N–H and O–H groups in total. The number of rotatable bonds is 3. The Balaban J connectivity index is 2.20. The van der Waals surface area contributed by atoms with E-state index in [1.165, 1.54) is 20.0 Å². The summed E-state index contributed by atoms with van der Waals surface area (Å²) in [5.41, 5.74) is 6.53. The van der Waals surface area contributed by atoms with E-state index in [0.29, 0.717) is 22.0 Å². The number of hydrogen-bond donors (Lipinski definition) is 2. The fraction of sp³-hybridized carbons (Fsp3) is 0.462. The minimum absolute atomic E-state index is 0.152. The Morgan fingerprint density at radius 2 is 2.11 bits per heavy atom. The van der Waals surface area contributed by atoms with E-state index in [9.17, 15) is 4.79 Å². The van der Waals surface area contributed by atoms with Gasteiger partial charge in [0.2, 0.25) is 0 Å². The smallest absolute Gasteiger partial charge is 0.255 e. The molecule has 0 aromatic heterocycles. The van der Waals surface area contributed by atoms with Crippen LogP contribution in [0.3, 0.4) is 0 Å². The van der Waals surface area contributed by atoms with E-state index in [-0.39, 0.29) is 11.9 Å². The van der Waals surface area contributed by atoms with Crippen LogP contribution in [0.2, 0.25) is 5.02 Å². The van der Waals surface area contributed by atoms with Crippen molar-refractivity contribution in [3.8, 4) is 5.75 Å². The van der Waals surface area contributed by atoms with Crippen LogP contribution in [0.4, 0.5) is 5.69 Å². The van der Waals surface area contributed by atoms with Gasteiger partial charge in [0.1, 0.15) is 5.75 Å². The molecule has 0 spiro atoms. The van der Waals surface area contributed by atoms with Gasteiger partial charge in [0.15, 0.2) is 0 Å². The molecular formula is C13H17ClN2O2. The number of anilines is 1. The number of ether oxygens (including phenoxy) is 1. The zero-order valence-corrected chi connectivity index (χ0v) is 11.1. The van der Waals surface area contributed by atoms with Crippen LogP contribution < -0.4 is 15.8 Å². The van der Waals surface area contributed by atoms with Crippen LogP contribution in [0, 0.1) is 0 Å². The molecule has 0 radical (unpaired) electrons. The predicted molar refractivity (Wildman–Crippen MR) is 72.1 cm³/mol. The summed E-state index contributed by atoms with van der Waals surface area (Å²) in [7, 11) is 1.51. The Bertz CT molecular complexity index is 457. The molecule has 98 valence electrons. The van der Waals surface area contributed by atoms with Crippen molar-refractivity contribution in [1.82, 2.24) is 5.32 Å². The molecule has 1 aliphatic rings. The van der Waals surface area contributed by atoms with E-state index < -0.39 is 0 Å². The summed E-state index contributed by atoms with van der Waals surface area (Å²) in [5, 5.41) is 3.37. The second kappa shape index (κ2) is 5.48. The summed E-state index contributed by atoms with van der Waals surface area (Å²) < 4.78 is 5.17. The zero-order valence-electron chi connectivity index (χ0n) is 10.3. The first kappa shape index (κ1) is 13.0. The van der Waals surface area contributed by atoms with Crippen LogP contribution in [0.15, 0.2) is 12.1 Å². The second-order valence-electron chi connectivity index (χ2n) is 4.53. The highest BCUT2D eigenvalue weighted by Crippen LogP contribution is 2.29. The minimum atomic E-state index is -0.152. The number of carbonyl (C=O) groups excluding carboxylic acids is 1. The number of carbonyl (C=O) groups is 1. The van der Waals surface area contributed by atoms with Crippen molar-refractivity contribution >= 4 is 23.2 Å². The van der Waals surface area contributed by atoms with Gasteiger partial charge in [0.05, 0.1) is 23.4 Å².